The molecule has 0 atom stereocenters. The van der Waals surface area contributed by atoms with Crippen LogP contribution in [0.3, 0.4) is 0 Å². The monoisotopic (exact) mass is 443 g/mol. The van der Waals surface area contributed by atoms with Crippen molar-refractivity contribution >= 4 is 51.9 Å². The second kappa shape index (κ2) is 8.10. The predicted octanol–water partition coefficient (Wildman–Crippen LogP) is 6.20. The van der Waals surface area contributed by atoms with E-state index in [2.05, 4.69) is 20.6 Å². The van der Waals surface area contributed by atoms with Gasteiger partial charge in [0.1, 0.15) is 6.33 Å². The summed E-state index contributed by atoms with van der Waals surface area (Å²) in [6.45, 7) is 0. The third-order valence-corrected chi connectivity index (χ3v) is 4.20. The van der Waals surface area contributed by atoms with Crippen LogP contribution in [0.25, 0.3) is 0 Å². The zero-order valence-electron chi connectivity index (χ0n) is 14.2. The summed E-state index contributed by atoms with van der Waals surface area (Å²) in [5.74, 6) is -0.520. The highest BCUT2D eigenvalue weighted by molar-refractivity contribution is 6.33. The van der Waals surface area contributed by atoms with Crippen LogP contribution in [0.1, 0.15) is 5.56 Å². The average Bonchev–Trinajstić information content (AvgIpc) is 2.62. The summed E-state index contributed by atoms with van der Waals surface area (Å²) in [5.41, 5.74) is -1.33. The number of alkyl halides is 3. The van der Waals surface area contributed by atoms with Crippen molar-refractivity contribution in [2.45, 2.75) is 6.18 Å². The Bertz CT molecular complexity index is 1080. The molecule has 0 aliphatic carbocycles. The first-order chi connectivity index (χ1) is 13.6. The van der Waals surface area contributed by atoms with Crippen LogP contribution in [-0.2, 0) is 6.18 Å². The number of benzene rings is 2. The molecule has 0 bridgehead atoms. The van der Waals surface area contributed by atoms with Crippen LogP contribution in [0, 0.1) is 10.1 Å². The van der Waals surface area contributed by atoms with Crippen molar-refractivity contribution in [2.75, 3.05) is 10.6 Å². The molecule has 0 saturated heterocycles. The van der Waals surface area contributed by atoms with Crippen molar-refractivity contribution in [3.63, 3.8) is 0 Å². The van der Waals surface area contributed by atoms with Gasteiger partial charge in [-0.3, -0.25) is 10.1 Å². The van der Waals surface area contributed by atoms with Gasteiger partial charge in [-0.2, -0.15) is 13.2 Å². The second-order valence-corrected chi connectivity index (χ2v) is 6.47. The fraction of sp³-hybridized carbons (Fsp3) is 0.0588. The van der Waals surface area contributed by atoms with Crippen LogP contribution >= 0.6 is 23.2 Å². The van der Waals surface area contributed by atoms with E-state index in [0.29, 0.717) is 10.7 Å². The van der Waals surface area contributed by atoms with E-state index in [0.717, 1.165) is 24.5 Å². The maximum atomic E-state index is 13.0. The van der Waals surface area contributed by atoms with Crippen LogP contribution in [0.4, 0.5) is 41.9 Å². The summed E-state index contributed by atoms with van der Waals surface area (Å²) in [4.78, 5) is 18.5. The van der Waals surface area contributed by atoms with Crippen molar-refractivity contribution in [1.82, 2.24) is 9.97 Å². The number of nitro groups is 1. The number of rotatable bonds is 5. The van der Waals surface area contributed by atoms with Crippen LogP contribution in [0.15, 0.2) is 48.8 Å². The van der Waals surface area contributed by atoms with E-state index < -0.39 is 22.4 Å². The van der Waals surface area contributed by atoms with E-state index in [1.807, 2.05) is 0 Å². The Balaban J connectivity index is 2.01. The Morgan fingerprint density at radius 3 is 2.31 bits per heavy atom. The van der Waals surface area contributed by atoms with Gasteiger partial charge in [-0.25, -0.2) is 9.97 Å². The van der Waals surface area contributed by atoms with Gasteiger partial charge in [-0.15, -0.1) is 0 Å². The standard InChI is InChI=1S/C17H10Cl2F3N5O2/c18-10-2-1-3-11(7-10)25-15-14(27(28)29)16(24-8-23-15)26-13-6-9(17(20,21)22)4-5-12(13)19/h1-8H,(H2,23,24,25,26). The highest BCUT2D eigenvalue weighted by Gasteiger charge is 2.31. The maximum absolute atomic E-state index is 13.0. The number of halogens is 5. The molecule has 0 radical (unpaired) electrons. The molecule has 0 amide bonds. The molecule has 0 aliphatic rings. The Labute approximate surface area is 171 Å². The maximum Gasteiger partial charge on any atom is 0.416 e. The number of nitrogens with one attached hydrogen (secondary N) is 2. The summed E-state index contributed by atoms with van der Waals surface area (Å²) in [6, 6.07) is 8.93. The highest BCUT2D eigenvalue weighted by atomic mass is 35.5. The van der Waals surface area contributed by atoms with Crippen LogP contribution in [-0.4, -0.2) is 14.9 Å². The van der Waals surface area contributed by atoms with E-state index in [4.69, 9.17) is 23.2 Å². The van der Waals surface area contributed by atoms with Gasteiger partial charge in [0.2, 0.25) is 11.6 Å². The van der Waals surface area contributed by atoms with E-state index in [9.17, 15) is 23.3 Å². The molecule has 3 aromatic rings. The summed E-state index contributed by atoms with van der Waals surface area (Å²) in [6.07, 6.45) is -3.60. The number of hydrogen-bond donors (Lipinski definition) is 2. The molecule has 0 aliphatic heterocycles. The largest absolute Gasteiger partial charge is 0.416 e. The van der Waals surface area contributed by atoms with Crippen LogP contribution in [0.5, 0.6) is 0 Å². The second-order valence-electron chi connectivity index (χ2n) is 5.63. The lowest BCUT2D eigenvalue weighted by Crippen LogP contribution is -2.08. The van der Waals surface area contributed by atoms with Gasteiger partial charge in [-0.05, 0) is 36.4 Å². The molecule has 12 heteroatoms. The molecule has 2 aromatic carbocycles. The molecular formula is C17H10Cl2F3N5O2. The molecule has 0 unspecified atom stereocenters. The van der Waals surface area contributed by atoms with Gasteiger partial charge in [0.25, 0.3) is 0 Å². The van der Waals surface area contributed by atoms with Gasteiger partial charge in [-0.1, -0.05) is 29.3 Å². The lowest BCUT2D eigenvalue weighted by Gasteiger charge is -2.13. The lowest BCUT2D eigenvalue weighted by atomic mass is 10.2. The summed E-state index contributed by atoms with van der Waals surface area (Å²) in [5, 5.41) is 17.1. The predicted molar refractivity (Wildman–Crippen MR) is 103 cm³/mol. The van der Waals surface area contributed by atoms with Gasteiger partial charge < -0.3 is 10.6 Å². The summed E-state index contributed by atoms with van der Waals surface area (Å²) in [7, 11) is 0. The van der Waals surface area contributed by atoms with Gasteiger partial charge in [0.15, 0.2) is 0 Å². The SMILES string of the molecule is O=[N+]([O-])c1c(Nc2cccc(Cl)c2)ncnc1Nc1cc(C(F)(F)F)ccc1Cl. The topological polar surface area (TPSA) is 93.0 Å². The van der Waals surface area contributed by atoms with Crippen LogP contribution in [0.2, 0.25) is 10.0 Å². The molecule has 7 nitrogen and oxygen atoms in total. The third-order valence-electron chi connectivity index (χ3n) is 3.64. The molecular weight excluding hydrogens is 434 g/mol. The minimum atomic E-state index is -4.61. The number of anilines is 4. The molecule has 1 heterocycles. The zero-order valence-corrected chi connectivity index (χ0v) is 15.7. The minimum Gasteiger partial charge on any atom is -0.334 e. The Kier molecular flexibility index (Phi) is 5.76. The molecule has 2 N–H and O–H groups in total. The number of hydrogen-bond acceptors (Lipinski definition) is 6. The van der Waals surface area contributed by atoms with E-state index in [1.54, 1.807) is 18.2 Å². The van der Waals surface area contributed by atoms with Crippen molar-refractivity contribution in [2.24, 2.45) is 0 Å². The fourth-order valence-electron chi connectivity index (χ4n) is 2.36. The molecule has 1 aromatic heterocycles. The first-order valence-corrected chi connectivity index (χ1v) is 8.56. The Hall–Kier alpha value is -3.11. The fourth-order valence-corrected chi connectivity index (χ4v) is 2.72. The highest BCUT2D eigenvalue weighted by Crippen LogP contribution is 2.38. The first kappa shape index (κ1) is 20.6. The molecule has 29 heavy (non-hydrogen) atoms. The third kappa shape index (κ3) is 4.84. The van der Waals surface area contributed by atoms with Crippen molar-refractivity contribution in [3.8, 4) is 0 Å². The van der Waals surface area contributed by atoms with E-state index >= 15 is 0 Å². The molecule has 0 spiro atoms. The molecule has 0 saturated carbocycles. The van der Waals surface area contributed by atoms with Gasteiger partial charge in [0, 0.05) is 10.7 Å². The first-order valence-electron chi connectivity index (χ1n) is 7.81. The summed E-state index contributed by atoms with van der Waals surface area (Å²) >= 11 is 11.8. The number of nitrogens with zero attached hydrogens (tertiary/aromatic N) is 3. The van der Waals surface area contributed by atoms with E-state index in [1.165, 1.54) is 6.07 Å². The molecule has 0 fully saturated rings. The van der Waals surface area contributed by atoms with Gasteiger partial charge in [0.05, 0.1) is 21.2 Å². The van der Waals surface area contributed by atoms with Crippen molar-refractivity contribution < 1.29 is 18.1 Å². The van der Waals surface area contributed by atoms with Crippen molar-refractivity contribution in [1.29, 1.82) is 0 Å². The Morgan fingerprint density at radius 1 is 1.00 bits per heavy atom. The smallest absolute Gasteiger partial charge is 0.334 e. The lowest BCUT2D eigenvalue weighted by molar-refractivity contribution is -0.383. The minimum absolute atomic E-state index is 0.0738. The normalized spacial score (nSPS) is 11.2. The van der Waals surface area contributed by atoms with E-state index in [-0.39, 0.29) is 22.3 Å². The molecule has 150 valence electrons. The average molecular weight is 444 g/mol. The molecule has 3 rings (SSSR count). The Morgan fingerprint density at radius 2 is 1.69 bits per heavy atom. The van der Waals surface area contributed by atoms with Gasteiger partial charge >= 0.3 is 11.9 Å². The summed E-state index contributed by atoms with van der Waals surface area (Å²) < 4.78 is 38.9. The van der Waals surface area contributed by atoms with Crippen molar-refractivity contribution in [3.05, 3.63) is 74.5 Å². The number of aromatic nitrogens is 2. The zero-order chi connectivity index (χ0) is 21.2. The quantitative estimate of drug-likeness (QED) is 0.360. The van der Waals surface area contributed by atoms with Crippen LogP contribution < -0.4 is 10.6 Å².